The molecule has 0 aliphatic carbocycles. The smallest absolute Gasteiger partial charge is 0.416 e. The van der Waals surface area contributed by atoms with E-state index in [0.717, 1.165) is 24.3 Å². The first kappa shape index (κ1) is 17.5. The van der Waals surface area contributed by atoms with Crippen LogP contribution >= 0.6 is 0 Å². The minimum Gasteiger partial charge on any atom is -0.481 e. The molecule has 0 spiro atoms. The van der Waals surface area contributed by atoms with Crippen molar-refractivity contribution in [3.05, 3.63) is 65.2 Å². The van der Waals surface area contributed by atoms with Crippen LogP contribution in [0.1, 0.15) is 27.9 Å². The molecule has 0 aliphatic rings. The summed E-state index contributed by atoms with van der Waals surface area (Å²) < 4.78 is 42.7. The van der Waals surface area contributed by atoms with Gasteiger partial charge in [-0.1, -0.05) is 18.2 Å². The van der Waals surface area contributed by atoms with Crippen molar-refractivity contribution in [2.45, 2.75) is 19.0 Å². The Morgan fingerprint density at radius 2 is 1.62 bits per heavy atom. The summed E-state index contributed by atoms with van der Waals surface area (Å²) in [4.78, 5) is 22.7. The molecule has 0 atom stereocenters. The summed E-state index contributed by atoms with van der Waals surface area (Å²) in [5, 5.41) is 8.72. The van der Waals surface area contributed by atoms with Gasteiger partial charge in [-0.2, -0.15) is 13.2 Å². The summed E-state index contributed by atoms with van der Waals surface area (Å²) in [5.74, 6) is -1.62. The predicted octanol–water partition coefficient (Wildman–Crippen LogP) is 3.94. The van der Waals surface area contributed by atoms with E-state index in [1.54, 1.807) is 18.2 Å². The van der Waals surface area contributed by atoms with Crippen molar-refractivity contribution >= 4 is 11.9 Å². The average Bonchev–Trinajstić information content (AvgIpc) is 2.53. The fourth-order valence-electron chi connectivity index (χ4n) is 2.01. The fourth-order valence-corrected chi connectivity index (χ4v) is 2.01. The number of hydrogen-bond acceptors (Lipinski definition) is 3. The molecule has 7 heteroatoms. The summed E-state index contributed by atoms with van der Waals surface area (Å²) in [6.07, 6.45) is -4.44. The second-order valence-corrected chi connectivity index (χ2v) is 4.97. The van der Waals surface area contributed by atoms with Gasteiger partial charge >= 0.3 is 18.1 Å². The third-order valence-electron chi connectivity index (χ3n) is 3.23. The molecule has 2 rings (SSSR count). The molecule has 0 amide bonds. The maximum Gasteiger partial charge on any atom is 0.416 e. The Morgan fingerprint density at radius 1 is 1.00 bits per heavy atom. The lowest BCUT2D eigenvalue weighted by Crippen LogP contribution is -2.11. The molecule has 0 fully saturated rings. The monoisotopic (exact) mass is 338 g/mol. The van der Waals surface area contributed by atoms with Gasteiger partial charge in [0.25, 0.3) is 0 Å². The van der Waals surface area contributed by atoms with Gasteiger partial charge in [0.1, 0.15) is 5.75 Å². The topological polar surface area (TPSA) is 63.6 Å². The molecule has 0 saturated carbocycles. The zero-order chi connectivity index (χ0) is 17.7. The first-order valence-electron chi connectivity index (χ1n) is 6.96. The summed E-state index contributed by atoms with van der Waals surface area (Å²) >= 11 is 0. The Hall–Kier alpha value is -2.83. The number of ether oxygens (including phenoxy) is 1. The van der Waals surface area contributed by atoms with Crippen LogP contribution in [0.5, 0.6) is 5.75 Å². The molecular weight excluding hydrogens is 325 g/mol. The van der Waals surface area contributed by atoms with Gasteiger partial charge in [-0.05, 0) is 42.3 Å². The van der Waals surface area contributed by atoms with Gasteiger partial charge in [-0.25, -0.2) is 4.79 Å². The van der Waals surface area contributed by atoms with Crippen molar-refractivity contribution in [2.75, 3.05) is 0 Å². The zero-order valence-electron chi connectivity index (χ0n) is 12.3. The van der Waals surface area contributed by atoms with Gasteiger partial charge in [0.05, 0.1) is 11.1 Å². The van der Waals surface area contributed by atoms with E-state index in [1.165, 1.54) is 6.07 Å². The van der Waals surface area contributed by atoms with Crippen LogP contribution < -0.4 is 4.74 Å². The number of rotatable bonds is 5. The highest BCUT2D eigenvalue weighted by molar-refractivity contribution is 5.91. The van der Waals surface area contributed by atoms with E-state index in [0.29, 0.717) is 5.56 Å². The summed E-state index contributed by atoms with van der Waals surface area (Å²) in [7, 11) is 0. The molecule has 4 nitrogen and oxygen atoms in total. The molecule has 126 valence electrons. The number of carbonyl (C=O) groups is 2. The number of hydrogen-bond donors (Lipinski definition) is 1. The lowest BCUT2D eigenvalue weighted by molar-refractivity contribution is -0.138. The van der Waals surface area contributed by atoms with Gasteiger partial charge in [0, 0.05) is 6.42 Å². The van der Waals surface area contributed by atoms with E-state index in [4.69, 9.17) is 9.84 Å². The van der Waals surface area contributed by atoms with E-state index in [-0.39, 0.29) is 24.2 Å². The van der Waals surface area contributed by atoms with Crippen molar-refractivity contribution in [1.29, 1.82) is 0 Å². The molecule has 1 N–H and O–H groups in total. The number of aliphatic carboxylic acids is 1. The lowest BCUT2D eigenvalue weighted by Gasteiger charge is -2.10. The number of benzene rings is 2. The Labute approximate surface area is 135 Å². The van der Waals surface area contributed by atoms with Gasteiger partial charge in [0.15, 0.2) is 0 Å². The van der Waals surface area contributed by atoms with E-state index >= 15 is 0 Å². The van der Waals surface area contributed by atoms with Crippen LogP contribution in [0.4, 0.5) is 13.2 Å². The van der Waals surface area contributed by atoms with E-state index < -0.39 is 23.7 Å². The Balaban J connectivity index is 2.13. The van der Waals surface area contributed by atoms with Crippen LogP contribution in [0, 0.1) is 0 Å². The van der Waals surface area contributed by atoms with Crippen LogP contribution in [0.2, 0.25) is 0 Å². The molecule has 2 aromatic carbocycles. The van der Waals surface area contributed by atoms with Crippen molar-refractivity contribution in [3.63, 3.8) is 0 Å². The van der Waals surface area contributed by atoms with Gasteiger partial charge < -0.3 is 9.84 Å². The number of alkyl halides is 3. The number of halogens is 3. The third kappa shape index (κ3) is 4.58. The largest absolute Gasteiger partial charge is 0.481 e. The fraction of sp³-hybridized carbons (Fsp3) is 0.176. The molecule has 2 aromatic rings. The van der Waals surface area contributed by atoms with E-state index in [1.807, 2.05) is 0 Å². The Morgan fingerprint density at radius 3 is 2.21 bits per heavy atom. The van der Waals surface area contributed by atoms with Crippen molar-refractivity contribution < 1.29 is 32.6 Å². The van der Waals surface area contributed by atoms with Gasteiger partial charge in [-0.15, -0.1) is 0 Å². The molecule has 24 heavy (non-hydrogen) atoms. The Bertz CT molecular complexity index is 736. The SMILES string of the molecule is O=C(O)CCc1ccccc1OC(=O)c1ccc(C(F)(F)F)cc1. The number of carboxylic acid groups (broad SMARTS) is 1. The molecule has 0 unspecified atom stereocenters. The molecule has 0 aliphatic heterocycles. The highest BCUT2D eigenvalue weighted by atomic mass is 19.4. The maximum absolute atomic E-state index is 12.5. The minimum atomic E-state index is -4.48. The van der Waals surface area contributed by atoms with Gasteiger partial charge in [0.2, 0.25) is 0 Å². The number of para-hydroxylation sites is 1. The highest BCUT2D eigenvalue weighted by Crippen LogP contribution is 2.29. The number of aryl methyl sites for hydroxylation is 1. The van der Waals surface area contributed by atoms with E-state index in [9.17, 15) is 22.8 Å². The van der Waals surface area contributed by atoms with Crippen LogP contribution in [-0.4, -0.2) is 17.0 Å². The molecule has 0 radical (unpaired) electrons. The predicted molar refractivity (Wildman–Crippen MR) is 78.8 cm³/mol. The van der Waals surface area contributed by atoms with Crippen LogP contribution in [0.25, 0.3) is 0 Å². The summed E-state index contributed by atoms with van der Waals surface area (Å²) in [6.45, 7) is 0. The maximum atomic E-state index is 12.5. The van der Waals surface area contributed by atoms with Gasteiger partial charge in [-0.3, -0.25) is 4.79 Å². The van der Waals surface area contributed by atoms with E-state index in [2.05, 4.69) is 0 Å². The standard InChI is InChI=1S/C17H13F3O4/c18-17(19,20)13-8-5-12(6-9-13)16(23)24-14-4-2-1-3-11(14)7-10-15(21)22/h1-6,8-9H,7,10H2,(H,21,22). The molecule has 0 bridgehead atoms. The first-order valence-corrected chi connectivity index (χ1v) is 6.96. The first-order chi connectivity index (χ1) is 11.3. The van der Waals surface area contributed by atoms with Crippen molar-refractivity contribution in [1.82, 2.24) is 0 Å². The number of esters is 1. The highest BCUT2D eigenvalue weighted by Gasteiger charge is 2.30. The molecular formula is C17H13F3O4. The second-order valence-electron chi connectivity index (χ2n) is 4.97. The second kappa shape index (κ2) is 7.16. The molecule has 0 aromatic heterocycles. The van der Waals surface area contributed by atoms with Crippen molar-refractivity contribution in [3.8, 4) is 5.75 Å². The third-order valence-corrected chi connectivity index (χ3v) is 3.23. The van der Waals surface area contributed by atoms with Crippen LogP contribution in [0.15, 0.2) is 48.5 Å². The zero-order valence-corrected chi connectivity index (χ0v) is 12.3. The van der Waals surface area contributed by atoms with Crippen LogP contribution in [-0.2, 0) is 17.4 Å². The average molecular weight is 338 g/mol. The number of carboxylic acids is 1. The molecule has 0 saturated heterocycles. The lowest BCUT2D eigenvalue weighted by atomic mass is 10.1. The number of carbonyl (C=O) groups excluding carboxylic acids is 1. The Kier molecular flexibility index (Phi) is 5.23. The summed E-state index contributed by atoms with van der Waals surface area (Å²) in [5.41, 5.74) is -0.364. The van der Waals surface area contributed by atoms with Crippen molar-refractivity contribution in [2.24, 2.45) is 0 Å². The normalized spacial score (nSPS) is 11.1. The quantitative estimate of drug-likeness (QED) is 0.662. The molecule has 0 heterocycles. The van der Waals surface area contributed by atoms with Crippen LogP contribution in [0.3, 0.4) is 0 Å². The minimum absolute atomic E-state index is 0.0314. The summed E-state index contributed by atoms with van der Waals surface area (Å²) in [6, 6.07) is 10.1.